The number of nitrogens with zero attached hydrogens (tertiary/aromatic N) is 2. The van der Waals surface area contributed by atoms with Crippen molar-refractivity contribution >= 4 is 29.9 Å². The number of benzene rings is 1. The van der Waals surface area contributed by atoms with Crippen LogP contribution in [0.4, 0.5) is 0 Å². The molecule has 1 aromatic carbocycles. The third kappa shape index (κ3) is 6.66. The van der Waals surface area contributed by atoms with Gasteiger partial charge in [0.25, 0.3) is 0 Å². The molecule has 1 saturated heterocycles. The molecule has 1 saturated carbocycles. The Bertz CT molecular complexity index is 527. The maximum atomic E-state index is 5.89. The second-order valence-corrected chi connectivity index (χ2v) is 6.88. The zero-order chi connectivity index (χ0) is 16.8. The Kier molecular flexibility index (Phi) is 8.29. The first-order chi connectivity index (χ1) is 11.7. The van der Waals surface area contributed by atoms with Crippen LogP contribution in [0.1, 0.15) is 32.6 Å². The average molecular weight is 458 g/mol. The van der Waals surface area contributed by atoms with Gasteiger partial charge in [0.05, 0.1) is 6.54 Å². The molecule has 1 aliphatic carbocycles. The van der Waals surface area contributed by atoms with E-state index in [1.54, 1.807) is 0 Å². The van der Waals surface area contributed by atoms with Gasteiger partial charge in [0.15, 0.2) is 5.96 Å². The van der Waals surface area contributed by atoms with Crippen LogP contribution >= 0.6 is 24.0 Å². The zero-order valence-corrected chi connectivity index (χ0v) is 17.6. The molecule has 25 heavy (non-hydrogen) atoms. The molecule has 0 amide bonds. The first-order valence-corrected chi connectivity index (χ1v) is 9.17. The van der Waals surface area contributed by atoms with Crippen LogP contribution in [0.2, 0.25) is 0 Å². The van der Waals surface area contributed by atoms with Crippen molar-refractivity contribution in [3.63, 3.8) is 0 Å². The van der Waals surface area contributed by atoms with E-state index < -0.39 is 0 Å². The lowest BCUT2D eigenvalue weighted by Crippen LogP contribution is -2.50. The molecular weight excluding hydrogens is 427 g/mol. The van der Waals surface area contributed by atoms with Crippen molar-refractivity contribution in [3.05, 3.63) is 30.3 Å². The summed E-state index contributed by atoms with van der Waals surface area (Å²) in [5.74, 6) is 1.78. The fourth-order valence-electron chi connectivity index (χ4n) is 3.25. The second kappa shape index (κ2) is 10.2. The molecule has 2 aliphatic rings. The van der Waals surface area contributed by atoms with Crippen LogP contribution < -0.4 is 15.4 Å². The minimum absolute atomic E-state index is 0. The van der Waals surface area contributed by atoms with E-state index in [1.165, 1.54) is 38.8 Å². The van der Waals surface area contributed by atoms with Crippen LogP contribution in [-0.2, 0) is 0 Å². The molecule has 0 spiro atoms. The summed E-state index contributed by atoms with van der Waals surface area (Å²) in [4.78, 5) is 7.00. The maximum absolute atomic E-state index is 5.89. The van der Waals surface area contributed by atoms with Gasteiger partial charge in [-0.25, -0.2) is 0 Å². The molecule has 1 unspecified atom stereocenters. The van der Waals surface area contributed by atoms with Crippen LogP contribution in [0, 0.1) is 0 Å². The minimum atomic E-state index is 0. The zero-order valence-electron chi connectivity index (χ0n) is 15.3. The number of rotatable bonds is 6. The molecule has 3 rings (SSSR count). The molecule has 0 bridgehead atoms. The Labute approximate surface area is 168 Å². The van der Waals surface area contributed by atoms with Crippen LogP contribution in [-0.4, -0.2) is 55.7 Å². The van der Waals surface area contributed by atoms with Crippen molar-refractivity contribution in [1.82, 2.24) is 15.5 Å². The highest BCUT2D eigenvalue weighted by Crippen LogP contribution is 2.29. The smallest absolute Gasteiger partial charge is 0.191 e. The van der Waals surface area contributed by atoms with E-state index in [0.717, 1.165) is 24.3 Å². The first kappa shape index (κ1) is 20.3. The summed E-state index contributed by atoms with van der Waals surface area (Å²) in [5.41, 5.74) is 0. The van der Waals surface area contributed by atoms with Gasteiger partial charge in [0.2, 0.25) is 0 Å². The highest BCUT2D eigenvalue weighted by Gasteiger charge is 2.31. The summed E-state index contributed by atoms with van der Waals surface area (Å²) in [7, 11) is 1.83. The molecule has 1 atom stereocenters. The van der Waals surface area contributed by atoms with Crippen LogP contribution in [0.15, 0.2) is 35.3 Å². The molecule has 5 nitrogen and oxygen atoms in total. The van der Waals surface area contributed by atoms with Gasteiger partial charge in [-0.3, -0.25) is 4.99 Å². The quantitative estimate of drug-likeness (QED) is 0.391. The van der Waals surface area contributed by atoms with Gasteiger partial charge in [-0.2, -0.15) is 0 Å². The van der Waals surface area contributed by atoms with Crippen molar-refractivity contribution in [3.8, 4) is 5.75 Å². The largest absolute Gasteiger partial charge is 0.489 e. The van der Waals surface area contributed by atoms with Gasteiger partial charge >= 0.3 is 0 Å². The van der Waals surface area contributed by atoms with E-state index in [-0.39, 0.29) is 30.1 Å². The van der Waals surface area contributed by atoms with Crippen molar-refractivity contribution in [2.45, 2.75) is 50.8 Å². The SMILES string of the molecule is CN=C(NCC(C)Oc1ccccc1)NC1CCN(C2CC2)CC1.I. The normalized spacial score (nSPS) is 20.5. The van der Waals surface area contributed by atoms with Crippen molar-refractivity contribution < 1.29 is 4.74 Å². The van der Waals surface area contributed by atoms with Crippen molar-refractivity contribution in [1.29, 1.82) is 0 Å². The molecule has 0 aromatic heterocycles. The van der Waals surface area contributed by atoms with Gasteiger partial charge in [-0.1, -0.05) is 18.2 Å². The second-order valence-electron chi connectivity index (χ2n) is 6.88. The molecule has 2 fully saturated rings. The summed E-state index contributed by atoms with van der Waals surface area (Å²) >= 11 is 0. The van der Waals surface area contributed by atoms with Crippen molar-refractivity contribution in [2.24, 2.45) is 4.99 Å². The van der Waals surface area contributed by atoms with Gasteiger partial charge in [0, 0.05) is 32.2 Å². The lowest BCUT2D eigenvalue weighted by Gasteiger charge is -2.33. The van der Waals surface area contributed by atoms with Crippen LogP contribution in [0.25, 0.3) is 0 Å². The highest BCUT2D eigenvalue weighted by molar-refractivity contribution is 14.0. The number of guanidine groups is 1. The minimum Gasteiger partial charge on any atom is -0.489 e. The summed E-state index contributed by atoms with van der Waals surface area (Å²) in [6.45, 7) is 5.23. The van der Waals surface area contributed by atoms with E-state index in [9.17, 15) is 0 Å². The molecule has 2 N–H and O–H groups in total. The Balaban J connectivity index is 0.00000225. The van der Waals surface area contributed by atoms with E-state index >= 15 is 0 Å². The number of piperidine rings is 1. The molecule has 1 aromatic rings. The van der Waals surface area contributed by atoms with Crippen LogP contribution in [0.5, 0.6) is 5.75 Å². The van der Waals surface area contributed by atoms with Gasteiger partial charge < -0.3 is 20.3 Å². The average Bonchev–Trinajstić information content (AvgIpc) is 3.45. The van der Waals surface area contributed by atoms with Gasteiger partial charge in [-0.15, -0.1) is 24.0 Å². The predicted octanol–water partition coefficient (Wildman–Crippen LogP) is 2.86. The highest BCUT2D eigenvalue weighted by atomic mass is 127. The topological polar surface area (TPSA) is 48.9 Å². The van der Waals surface area contributed by atoms with Crippen LogP contribution in [0.3, 0.4) is 0 Å². The Morgan fingerprint density at radius 3 is 2.48 bits per heavy atom. The van der Waals surface area contributed by atoms with Gasteiger partial charge in [0.1, 0.15) is 11.9 Å². The number of likely N-dealkylation sites (tertiary alicyclic amines) is 1. The molecule has 6 heteroatoms. The third-order valence-electron chi connectivity index (χ3n) is 4.79. The molecule has 1 aliphatic heterocycles. The number of hydrogen-bond acceptors (Lipinski definition) is 3. The Morgan fingerprint density at radius 2 is 1.88 bits per heavy atom. The number of para-hydroxylation sites is 1. The van der Waals surface area contributed by atoms with Crippen molar-refractivity contribution in [2.75, 3.05) is 26.7 Å². The monoisotopic (exact) mass is 458 g/mol. The summed E-state index contributed by atoms with van der Waals surface area (Å²) < 4.78 is 5.89. The molecule has 0 radical (unpaired) electrons. The third-order valence-corrected chi connectivity index (χ3v) is 4.79. The van der Waals surface area contributed by atoms with E-state index in [0.29, 0.717) is 6.04 Å². The van der Waals surface area contributed by atoms with E-state index in [4.69, 9.17) is 4.74 Å². The number of nitrogens with one attached hydrogen (secondary N) is 2. The lowest BCUT2D eigenvalue weighted by atomic mass is 10.1. The molecule has 140 valence electrons. The van der Waals surface area contributed by atoms with Gasteiger partial charge in [-0.05, 0) is 44.7 Å². The molecule has 1 heterocycles. The number of ether oxygens (including phenoxy) is 1. The van der Waals surface area contributed by atoms with E-state index in [2.05, 4.69) is 27.4 Å². The number of halogens is 1. The molecular formula is C19H31IN4O. The fraction of sp³-hybridized carbons (Fsp3) is 0.632. The standard InChI is InChI=1S/C19H30N4O.HI/c1-15(24-18-6-4-3-5-7-18)14-21-19(20-2)22-16-10-12-23(13-11-16)17-8-9-17;/h3-7,15-17H,8-14H2,1-2H3,(H2,20,21,22);1H. The Morgan fingerprint density at radius 1 is 1.20 bits per heavy atom. The lowest BCUT2D eigenvalue weighted by molar-refractivity contribution is 0.196. The number of aliphatic imine (C=N–C) groups is 1. The summed E-state index contributed by atoms with van der Waals surface area (Å²) in [6, 6.07) is 11.4. The summed E-state index contributed by atoms with van der Waals surface area (Å²) in [6.07, 6.45) is 5.30. The van der Waals surface area contributed by atoms with E-state index in [1.807, 2.05) is 37.4 Å². The first-order valence-electron chi connectivity index (χ1n) is 9.17. The number of hydrogen-bond donors (Lipinski definition) is 2. The predicted molar refractivity (Wildman–Crippen MR) is 114 cm³/mol. The Hall–Kier alpha value is -1.02. The maximum Gasteiger partial charge on any atom is 0.191 e. The fourth-order valence-corrected chi connectivity index (χ4v) is 3.25. The summed E-state index contributed by atoms with van der Waals surface area (Å²) in [5, 5.41) is 6.94.